The second kappa shape index (κ2) is 11.4. The van der Waals surface area contributed by atoms with E-state index in [9.17, 15) is 9.59 Å². The molecule has 0 radical (unpaired) electrons. The van der Waals surface area contributed by atoms with Gasteiger partial charge in [-0.1, -0.05) is 30.0 Å². The molecule has 174 valence electrons. The summed E-state index contributed by atoms with van der Waals surface area (Å²) >= 11 is 2.96. The number of carbonyl (C=O) groups is 2. The van der Waals surface area contributed by atoms with Gasteiger partial charge in [-0.05, 0) is 74.9 Å². The molecule has 0 spiro atoms. The van der Waals surface area contributed by atoms with Crippen LogP contribution in [0.1, 0.15) is 36.6 Å². The van der Waals surface area contributed by atoms with Crippen LogP contribution in [0, 0.1) is 13.8 Å². The fourth-order valence-electron chi connectivity index (χ4n) is 3.37. The number of aryl methyl sites for hydroxylation is 2. The minimum atomic E-state index is -0.494. The third kappa shape index (κ3) is 6.42. The third-order valence-electron chi connectivity index (χ3n) is 5.28. The Bertz CT molecular complexity index is 1090. The first-order valence-electron chi connectivity index (χ1n) is 10.7. The van der Waals surface area contributed by atoms with Crippen molar-refractivity contribution in [1.82, 2.24) is 5.32 Å². The lowest BCUT2D eigenvalue weighted by atomic mass is 9.97. The van der Waals surface area contributed by atoms with Gasteiger partial charge in [0.2, 0.25) is 5.91 Å². The number of amides is 1. The normalized spacial score (nSPS) is 15.5. The maximum Gasteiger partial charge on any atom is 0.338 e. The highest BCUT2D eigenvalue weighted by Crippen LogP contribution is 2.33. The molecule has 3 rings (SSSR count). The molecule has 1 atom stereocenters. The summed E-state index contributed by atoms with van der Waals surface area (Å²) in [5.74, 6) is -0.313. The van der Waals surface area contributed by atoms with Crippen molar-refractivity contribution in [3.05, 3.63) is 70.4 Å². The van der Waals surface area contributed by atoms with E-state index >= 15 is 0 Å². The zero-order valence-corrected chi connectivity index (χ0v) is 21.2. The van der Waals surface area contributed by atoms with Crippen LogP contribution in [0.3, 0.4) is 0 Å². The van der Waals surface area contributed by atoms with Gasteiger partial charge >= 0.3 is 5.97 Å². The van der Waals surface area contributed by atoms with E-state index in [0.29, 0.717) is 16.4 Å². The highest BCUT2D eigenvalue weighted by molar-refractivity contribution is 8.14. The number of amidine groups is 1. The summed E-state index contributed by atoms with van der Waals surface area (Å²) < 4.78 is 5.29. The quantitative estimate of drug-likeness (QED) is 0.414. The SMILES string of the molecule is CCOC(=O)C1=C(C)NC(SCC(=O)Nc2ccc(C)c(C)c2)=N[C@@H]1c1ccc(SC)cc1. The third-order valence-corrected chi connectivity index (χ3v) is 6.91. The lowest BCUT2D eigenvalue weighted by molar-refractivity contribution is -0.139. The molecule has 1 aliphatic rings. The highest BCUT2D eigenvalue weighted by Gasteiger charge is 2.30. The largest absolute Gasteiger partial charge is 0.463 e. The Kier molecular flexibility index (Phi) is 8.63. The first-order valence-corrected chi connectivity index (χ1v) is 12.9. The Balaban J connectivity index is 1.76. The van der Waals surface area contributed by atoms with Gasteiger partial charge in [-0.3, -0.25) is 4.79 Å². The van der Waals surface area contributed by atoms with Gasteiger partial charge in [0.05, 0.1) is 17.9 Å². The molecular weight excluding hydrogens is 454 g/mol. The van der Waals surface area contributed by atoms with Crippen molar-refractivity contribution in [3.63, 3.8) is 0 Å². The summed E-state index contributed by atoms with van der Waals surface area (Å²) in [5.41, 5.74) is 5.14. The maximum atomic E-state index is 12.7. The van der Waals surface area contributed by atoms with E-state index < -0.39 is 6.04 Å². The number of allylic oxidation sites excluding steroid dienone is 1. The summed E-state index contributed by atoms with van der Waals surface area (Å²) in [6.07, 6.45) is 2.02. The maximum absolute atomic E-state index is 12.7. The fraction of sp³-hybridized carbons (Fsp3) is 0.320. The molecule has 1 aliphatic heterocycles. The van der Waals surface area contributed by atoms with Crippen LogP contribution in [0.15, 0.2) is 63.6 Å². The summed E-state index contributed by atoms with van der Waals surface area (Å²) in [7, 11) is 0. The van der Waals surface area contributed by atoms with E-state index in [2.05, 4.69) is 10.6 Å². The fourth-order valence-corrected chi connectivity index (χ4v) is 4.52. The Morgan fingerprint density at radius 2 is 1.82 bits per heavy atom. The second-order valence-electron chi connectivity index (χ2n) is 7.63. The second-order valence-corrected chi connectivity index (χ2v) is 9.47. The zero-order valence-electron chi connectivity index (χ0n) is 19.5. The van der Waals surface area contributed by atoms with E-state index in [1.807, 2.05) is 69.5 Å². The van der Waals surface area contributed by atoms with Crippen LogP contribution in [0.25, 0.3) is 0 Å². The molecule has 33 heavy (non-hydrogen) atoms. The van der Waals surface area contributed by atoms with Crippen molar-refractivity contribution in [2.45, 2.75) is 38.6 Å². The summed E-state index contributed by atoms with van der Waals surface area (Å²) in [6, 6.07) is 13.3. The molecule has 2 N–H and O–H groups in total. The van der Waals surface area contributed by atoms with E-state index in [1.54, 1.807) is 18.7 Å². The molecule has 2 aromatic rings. The van der Waals surface area contributed by atoms with Gasteiger partial charge in [-0.2, -0.15) is 0 Å². The number of rotatable bonds is 7. The molecule has 2 aromatic carbocycles. The molecule has 0 saturated carbocycles. The zero-order chi connectivity index (χ0) is 24.0. The van der Waals surface area contributed by atoms with Gasteiger partial charge in [-0.15, -0.1) is 11.8 Å². The Hall–Kier alpha value is -2.71. The van der Waals surface area contributed by atoms with Gasteiger partial charge in [0.1, 0.15) is 6.04 Å². The average molecular weight is 484 g/mol. The van der Waals surface area contributed by atoms with Crippen LogP contribution in [0.5, 0.6) is 0 Å². The van der Waals surface area contributed by atoms with E-state index in [-0.39, 0.29) is 24.2 Å². The first-order chi connectivity index (χ1) is 15.8. The standard InChI is InChI=1S/C25H29N3O3S2/c1-6-31-24(30)22-17(4)26-25(28-23(22)18-8-11-20(32-5)12-9-18)33-14-21(29)27-19-10-7-15(2)16(3)13-19/h7-13,23H,6,14H2,1-5H3,(H,26,28)(H,27,29)/t23-/m1/s1. The summed E-state index contributed by atoms with van der Waals surface area (Å²) in [5, 5.41) is 6.69. The molecule has 0 saturated heterocycles. The number of benzene rings is 2. The molecule has 0 aromatic heterocycles. The van der Waals surface area contributed by atoms with Crippen molar-refractivity contribution in [2.75, 3.05) is 23.9 Å². The number of anilines is 1. The minimum Gasteiger partial charge on any atom is -0.463 e. The van der Waals surface area contributed by atoms with Crippen molar-refractivity contribution >= 4 is 46.3 Å². The first kappa shape index (κ1) is 24.9. The molecule has 0 bridgehead atoms. The van der Waals surface area contributed by atoms with Gasteiger partial charge < -0.3 is 15.4 Å². The van der Waals surface area contributed by atoms with Crippen LogP contribution in [0.4, 0.5) is 5.69 Å². The van der Waals surface area contributed by atoms with Gasteiger partial charge in [-0.25, -0.2) is 9.79 Å². The molecule has 8 heteroatoms. The Labute approximate surface area is 203 Å². The molecule has 1 amide bonds. The number of thioether (sulfide) groups is 2. The number of hydrogen-bond acceptors (Lipinski definition) is 7. The monoisotopic (exact) mass is 483 g/mol. The Morgan fingerprint density at radius 1 is 1.09 bits per heavy atom. The van der Waals surface area contributed by atoms with Crippen molar-refractivity contribution in [3.8, 4) is 0 Å². The van der Waals surface area contributed by atoms with Gasteiger partial charge in [0.25, 0.3) is 0 Å². The molecule has 0 fully saturated rings. The molecule has 0 aliphatic carbocycles. The highest BCUT2D eigenvalue weighted by atomic mass is 32.2. The number of nitrogens with zero attached hydrogens (tertiary/aromatic N) is 1. The van der Waals surface area contributed by atoms with Crippen LogP contribution < -0.4 is 10.6 Å². The summed E-state index contributed by atoms with van der Waals surface area (Å²) in [6.45, 7) is 7.96. The number of hydrogen-bond donors (Lipinski definition) is 2. The van der Waals surface area contributed by atoms with Crippen molar-refractivity contribution in [1.29, 1.82) is 0 Å². The number of esters is 1. The lowest BCUT2D eigenvalue weighted by Crippen LogP contribution is -2.31. The minimum absolute atomic E-state index is 0.119. The van der Waals surface area contributed by atoms with Crippen molar-refractivity contribution < 1.29 is 14.3 Å². The predicted octanol–water partition coefficient (Wildman–Crippen LogP) is 5.23. The Morgan fingerprint density at radius 3 is 2.45 bits per heavy atom. The van der Waals surface area contributed by atoms with Crippen LogP contribution in [0.2, 0.25) is 0 Å². The van der Waals surface area contributed by atoms with Crippen LogP contribution in [-0.4, -0.2) is 35.7 Å². The average Bonchev–Trinajstić information content (AvgIpc) is 2.80. The smallest absolute Gasteiger partial charge is 0.338 e. The molecular formula is C25H29N3O3S2. The van der Waals surface area contributed by atoms with Crippen LogP contribution >= 0.6 is 23.5 Å². The lowest BCUT2D eigenvalue weighted by Gasteiger charge is -2.25. The summed E-state index contributed by atoms with van der Waals surface area (Å²) in [4.78, 5) is 31.1. The number of aliphatic imine (C=N–C) groups is 1. The molecule has 6 nitrogen and oxygen atoms in total. The van der Waals surface area contributed by atoms with E-state index in [0.717, 1.165) is 21.7 Å². The molecule has 0 unspecified atom stereocenters. The van der Waals surface area contributed by atoms with E-state index in [1.165, 1.54) is 17.3 Å². The van der Waals surface area contributed by atoms with Crippen molar-refractivity contribution in [2.24, 2.45) is 4.99 Å². The van der Waals surface area contributed by atoms with Gasteiger partial charge in [0, 0.05) is 16.3 Å². The predicted molar refractivity (Wildman–Crippen MR) is 138 cm³/mol. The number of ether oxygens (including phenoxy) is 1. The van der Waals surface area contributed by atoms with Gasteiger partial charge in [0.15, 0.2) is 5.17 Å². The molecule has 1 heterocycles. The van der Waals surface area contributed by atoms with E-state index in [4.69, 9.17) is 9.73 Å². The number of carbonyl (C=O) groups excluding carboxylic acids is 2. The van der Waals surface area contributed by atoms with Crippen LogP contribution in [-0.2, 0) is 14.3 Å². The number of nitrogens with one attached hydrogen (secondary N) is 2. The topological polar surface area (TPSA) is 79.8 Å².